The molecule has 0 spiro atoms. The van der Waals surface area contributed by atoms with Crippen molar-refractivity contribution in [3.05, 3.63) is 58.1 Å². The van der Waals surface area contributed by atoms with Crippen LogP contribution in [-0.2, 0) is 6.42 Å². The van der Waals surface area contributed by atoms with Crippen LogP contribution in [0.25, 0.3) is 0 Å². The summed E-state index contributed by atoms with van der Waals surface area (Å²) in [5, 5.41) is 0. The number of halogens is 1. The lowest BCUT2D eigenvalue weighted by molar-refractivity contribution is 0.410. The van der Waals surface area contributed by atoms with E-state index in [0.717, 1.165) is 33.5 Å². The van der Waals surface area contributed by atoms with Crippen LogP contribution in [0.4, 0.5) is 5.69 Å². The summed E-state index contributed by atoms with van der Waals surface area (Å²) in [4.78, 5) is 0. The molecule has 2 rings (SSSR count). The summed E-state index contributed by atoms with van der Waals surface area (Å²) in [5.41, 5.74) is 9.01. The molecule has 0 fully saturated rings. The van der Waals surface area contributed by atoms with E-state index in [1.165, 1.54) is 0 Å². The fourth-order valence-electron chi connectivity index (χ4n) is 1.78. The highest BCUT2D eigenvalue weighted by molar-refractivity contribution is 9.10. The summed E-state index contributed by atoms with van der Waals surface area (Å²) >= 11 is 3.46. The molecule has 0 radical (unpaired) electrons. The molecular formula is C14H14BrNO. The normalized spacial score (nSPS) is 10.2. The average Bonchev–Trinajstić information content (AvgIpc) is 2.34. The van der Waals surface area contributed by atoms with Crippen LogP contribution >= 0.6 is 15.9 Å². The summed E-state index contributed by atoms with van der Waals surface area (Å²) in [6, 6.07) is 13.9. The first-order valence-electron chi connectivity index (χ1n) is 5.36. The van der Waals surface area contributed by atoms with Crippen molar-refractivity contribution in [2.24, 2.45) is 0 Å². The number of para-hydroxylation sites is 1. The van der Waals surface area contributed by atoms with E-state index in [0.29, 0.717) is 0 Å². The van der Waals surface area contributed by atoms with Crippen LogP contribution in [0.2, 0.25) is 0 Å². The standard InChI is InChI=1S/C14H14BrNO/c1-17-14-5-3-2-4-10(14)8-11-9-12(15)6-7-13(11)16/h2-7,9H,8,16H2,1H3. The minimum absolute atomic E-state index is 0.773. The van der Waals surface area contributed by atoms with Gasteiger partial charge in [0.1, 0.15) is 5.75 Å². The van der Waals surface area contributed by atoms with Gasteiger partial charge in [-0.25, -0.2) is 0 Å². The molecule has 0 unspecified atom stereocenters. The van der Waals surface area contributed by atoms with Crippen molar-refractivity contribution in [1.29, 1.82) is 0 Å². The van der Waals surface area contributed by atoms with E-state index in [4.69, 9.17) is 10.5 Å². The van der Waals surface area contributed by atoms with E-state index in [2.05, 4.69) is 22.0 Å². The molecule has 2 aromatic carbocycles. The van der Waals surface area contributed by atoms with E-state index >= 15 is 0 Å². The van der Waals surface area contributed by atoms with Gasteiger partial charge >= 0.3 is 0 Å². The third-order valence-corrected chi connectivity index (χ3v) is 3.17. The SMILES string of the molecule is COc1ccccc1Cc1cc(Br)ccc1N. The molecule has 0 heterocycles. The fourth-order valence-corrected chi connectivity index (χ4v) is 2.19. The first-order valence-corrected chi connectivity index (χ1v) is 6.16. The van der Waals surface area contributed by atoms with Gasteiger partial charge in [-0.1, -0.05) is 34.1 Å². The van der Waals surface area contributed by atoms with Crippen molar-refractivity contribution in [2.45, 2.75) is 6.42 Å². The second-order valence-electron chi connectivity index (χ2n) is 3.83. The highest BCUT2D eigenvalue weighted by Crippen LogP contribution is 2.25. The van der Waals surface area contributed by atoms with Crippen molar-refractivity contribution in [3.63, 3.8) is 0 Å². The van der Waals surface area contributed by atoms with Crippen LogP contribution in [0.3, 0.4) is 0 Å². The molecule has 3 heteroatoms. The molecule has 0 aliphatic carbocycles. The Bertz CT molecular complexity index is 525. The molecule has 88 valence electrons. The summed E-state index contributed by atoms with van der Waals surface area (Å²) in [5.74, 6) is 0.895. The van der Waals surface area contributed by atoms with Crippen molar-refractivity contribution in [3.8, 4) is 5.75 Å². The summed E-state index contributed by atoms with van der Waals surface area (Å²) in [6.45, 7) is 0. The van der Waals surface area contributed by atoms with Crippen molar-refractivity contribution in [1.82, 2.24) is 0 Å². The van der Waals surface area contributed by atoms with Gasteiger partial charge in [0, 0.05) is 16.6 Å². The lowest BCUT2D eigenvalue weighted by Crippen LogP contribution is -1.97. The van der Waals surface area contributed by atoms with Crippen molar-refractivity contribution >= 4 is 21.6 Å². The Labute approximate surface area is 110 Å². The monoisotopic (exact) mass is 291 g/mol. The number of methoxy groups -OCH3 is 1. The number of hydrogen-bond acceptors (Lipinski definition) is 2. The second kappa shape index (κ2) is 5.23. The average molecular weight is 292 g/mol. The third-order valence-electron chi connectivity index (χ3n) is 2.68. The van der Waals surface area contributed by atoms with Gasteiger partial charge in [0.15, 0.2) is 0 Å². The van der Waals surface area contributed by atoms with Gasteiger partial charge < -0.3 is 10.5 Å². The van der Waals surface area contributed by atoms with Gasteiger partial charge in [0.05, 0.1) is 7.11 Å². The van der Waals surface area contributed by atoms with Gasteiger partial charge in [-0.05, 0) is 35.4 Å². The molecule has 2 nitrogen and oxygen atoms in total. The van der Waals surface area contributed by atoms with Crippen LogP contribution in [-0.4, -0.2) is 7.11 Å². The topological polar surface area (TPSA) is 35.2 Å². The van der Waals surface area contributed by atoms with Crippen molar-refractivity contribution in [2.75, 3.05) is 12.8 Å². The summed E-state index contributed by atoms with van der Waals surface area (Å²) in [6.07, 6.45) is 0.773. The zero-order valence-corrected chi connectivity index (χ0v) is 11.2. The Morgan fingerprint density at radius 2 is 1.88 bits per heavy atom. The summed E-state index contributed by atoms with van der Waals surface area (Å²) < 4.78 is 6.37. The van der Waals surface area contributed by atoms with E-state index in [9.17, 15) is 0 Å². The molecule has 17 heavy (non-hydrogen) atoms. The zero-order chi connectivity index (χ0) is 12.3. The first-order chi connectivity index (χ1) is 8.20. The molecule has 0 atom stereocenters. The van der Waals surface area contributed by atoms with Crippen LogP contribution in [0, 0.1) is 0 Å². The van der Waals surface area contributed by atoms with Gasteiger partial charge in [-0.2, -0.15) is 0 Å². The number of nitrogens with two attached hydrogens (primary N) is 1. The third kappa shape index (κ3) is 2.80. The Morgan fingerprint density at radius 3 is 2.65 bits per heavy atom. The fraction of sp³-hybridized carbons (Fsp3) is 0.143. The van der Waals surface area contributed by atoms with Crippen molar-refractivity contribution < 1.29 is 4.74 Å². The van der Waals surface area contributed by atoms with Gasteiger partial charge in [-0.3, -0.25) is 0 Å². The lowest BCUT2D eigenvalue weighted by Gasteiger charge is -2.10. The number of rotatable bonds is 3. The minimum Gasteiger partial charge on any atom is -0.496 e. The van der Waals surface area contributed by atoms with Crippen LogP contribution in [0.5, 0.6) is 5.75 Å². The number of anilines is 1. The molecule has 0 amide bonds. The quantitative estimate of drug-likeness (QED) is 0.877. The number of nitrogen functional groups attached to an aromatic ring is 1. The predicted octanol–water partition coefficient (Wildman–Crippen LogP) is 3.63. The molecule has 0 saturated heterocycles. The number of ether oxygens (including phenoxy) is 1. The molecular weight excluding hydrogens is 278 g/mol. The van der Waals surface area contributed by atoms with Crippen LogP contribution in [0.15, 0.2) is 46.9 Å². The molecule has 2 aromatic rings. The smallest absolute Gasteiger partial charge is 0.122 e. The van der Waals surface area contributed by atoms with Gasteiger partial charge in [0.2, 0.25) is 0 Å². The molecule has 0 aliphatic rings. The molecule has 0 aromatic heterocycles. The molecule has 0 saturated carbocycles. The highest BCUT2D eigenvalue weighted by Gasteiger charge is 2.06. The Balaban J connectivity index is 2.34. The highest BCUT2D eigenvalue weighted by atomic mass is 79.9. The zero-order valence-electron chi connectivity index (χ0n) is 9.61. The Morgan fingerprint density at radius 1 is 1.12 bits per heavy atom. The molecule has 0 bridgehead atoms. The first kappa shape index (κ1) is 12.0. The van der Waals surface area contributed by atoms with E-state index in [1.807, 2.05) is 36.4 Å². The van der Waals surface area contributed by atoms with E-state index in [-0.39, 0.29) is 0 Å². The largest absolute Gasteiger partial charge is 0.496 e. The second-order valence-corrected chi connectivity index (χ2v) is 4.75. The van der Waals surface area contributed by atoms with Crippen LogP contribution < -0.4 is 10.5 Å². The van der Waals surface area contributed by atoms with E-state index < -0.39 is 0 Å². The minimum atomic E-state index is 0.773. The maximum Gasteiger partial charge on any atom is 0.122 e. The van der Waals surface area contributed by atoms with Gasteiger partial charge in [-0.15, -0.1) is 0 Å². The molecule has 0 aliphatic heterocycles. The Hall–Kier alpha value is -1.48. The lowest BCUT2D eigenvalue weighted by atomic mass is 10.0. The van der Waals surface area contributed by atoms with Gasteiger partial charge in [0.25, 0.3) is 0 Å². The van der Waals surface area contributed by atoms with Crippen LogP contribution in [0.1, 0.15) is 11.1 Å². The maximum absolute atomic E-state index is 5.97. The molecule has 2 N–H and O–H groups in total. The number of hydrogen-bond donors (Lipinski definition) is 1. The number of benzene rings is 2. The summed E-state index contributed by atoms with van der Waals surface area (Å²) in [7, 11) is 1.68. The predicted molar refractivity (Wildman–Crippen MR) is 74.4 cm³/mol. The Kier molecular flexibility index (Phi) is 3.69. The van der Waals surface area contributed by atoms with E-state index in [1.54, 1.807) is 7.11 Å². The maximum atomic E-state index is 5.97.